The van der Waals surface area contributed by atoms with Crippen molar-refractivity contribution >= 4 is 11.6 Å². The molecule has 0 heterocycles. The Labute approximate surface area is 144 Å². The van der Waals surface area contributed by atoms with Gasteiger partial charge in [-0.3, -0.25) is 4.79 Å². The van der Waals surface area contributed by atoms with Gasteiger partial charge in [0.25, 0.3) is 5.91 Å². The molecule has 6 heteroatoms. The third kappa shape index (κ3) is 4.98. The molecule has 0 aromatic heterocycles. The van der Waals surface area contributed by atoms with Crippen LogP contribution in [0, 0.1) is 13.8 Å². The van der Waals surface area contributed by atoms with Gasteiger partial charge in [-0.05, 0) is 56.2 Å². The summed E-state index contributed by atoms with van der Waals surface area (Å²) in [6.45, 7) is 5.66. The first-order valence-electron chi connectivity index (χ1n) is 7.92. The minimum absolute atomic E-state index is 0.292. The fourth-order valence-electron chi connectivity index (χ4n) is 2.37. The van der Waals surface area contributed by atoms with E-state index in [-0.39, 0.29) is 0 Å². The second kappa shape index (κ2) is 7.59. The normalized spacial score (nSPS) is 12.6. The number of carbonyl (C=O) groups excluding carboxylic acids is 1. The van der Waals surface area contributed by atoms with E-state index in [1.807, 2.05) is 26.0 Å². The zero-order valence-electron chi connectivity index (χ0n) is 14.3. The number of anilines is 1. The van der Waals surface area contributed by atoms with Crippen molar-refractivity contribution < 1.29 is 22.7 Å². The summed E-state index contributed by atoms with van der Waals surface area (Å²) in [4.78, 5) is 12.3. The van der Waals surface area contributed by atoms with E-state index in [2.05, 4.69) is 5.32 Å². The summed E-state index contributed by atoms with van der Waals surface area (Å²) in [5.41, 5.74) is 1.54. The lowest BCUT2D eigenvalue weighted by Crippen LogP contribution is -2.32. The molecule has 1 atom stereocenters. The van der Waals surface area contributed by atoms with Gasteiger partial charge in [-0.15, -0.1) is 0 Å². The molecule has 0 aliphatic carbocycles. The minimum atomic E-state index is -4.40. The largest absolute Gasteiger partial charge is 0.480 e. The Bertz CT molecular complexity index is 739. The van der Waals surface area contributed by atoms with Crippen LogP contribution in [-0.4, -0.2) is 12.0 Å². The molecule has 25 heavy (non-hydrogen) atoms. The zero-order chi connectivity index (χ0) is 18.6. The summed E-state index contributed by atoms with van der Waals surface area (Å²) >= 11 is 0. The summed E-state index contributed by atoms with van der Waals surface area (Å²) in [5.74, 6) is 0.210. The number of carbonyl (C=O) groups is 1. The number of halogens is 3. The Kier molecular flexibility index (Phi) is 5.72. The Morgan fingerprint density at radius 1 is 1.12 bits per heavy atom. The van der Waals surface area contributed by atoms with Gasteiger partial charge in [0, 0.05) is 5.69 Å². The lowest BCUT2D eigenvalue weighted by molar-refractivity contribution is -0.137. The summed E-state index contributed by atoms with van der Waals surface area (Å²) < 4.78 is 43.5. The van der Waals surface area contributed by atoms with Gasteiger partial charge in [-0.1, -0.05) is 24.6 Å². The Balaban J connectivity index is 2.07. The molecule has 1 N–H and O–H groups in total. The predicted molar refractivity (Wildman–Crippen MR) is 90.7 cm³/mol. The first-order valence-corrected chi connectivity index (χ1v) is 7.92. The van der Waals surface area contributed by atoms with Crippen LogP contribution in [0.5, 0.6) is 5.75 Å². The number of amides is 1. The van der Waals surface area contributed by atoms with E-state index in [0.29, 0.717) is 17.9 Å². The van der Waals surface area contributed by atoms with Crippen LogP contribution in [0.25, 0.3) is 0 Å². The molecular formula is C19H20F3NO2. The van der Waals surface area contributed by atoms with E-state index in [9.17, 15) is 18.0 Å². The molecule has 1 amide bonds. The number of ether oxygens (including phenoxy) is 1. The maximum absolute atomic E-state index is 12.6. The Morgan fingerprint density at radius 3 is 2.28 bits per heavy atom. The van der Waals surface area contributed by atoms with Gasteiger partial charge in [-0.2, -0.15) is 13.2 Å². The van der Waals surface area contributed by atoms with Crippen molar-refractivity contribution in [3.63, 3.8) is 0 Å². The van der Waals surface area contributed by atoms with Crippen LogP contribution >= 0.6 is 0 Å². The van der Waals surface area contributed by atoms with Crippen LogP contribution in [-0.2, 0) is 11.0 Å². The summed E-state index contributed by atoms with van der Waals surface area (Å²) in [7, 11) is 0. The molecule has 0 fully saturated rings. The number of aryl methyl sites for hydroxylation is 2. The molecule has 0 aliphatic rings. The first kappa shape index (κ1) is 18.8. The quantitative estimate of drug-likeness (QED) is 0.812. The molecule has 0 aliphatic heterocycles. The van der Waals surface area contributed by atoms with Crippen LogP contribution in [0.4, 0.5) is 18.9 Å². The molecule has 2 aromatic rings. The highest BCUT2D eigenvalue weighted by Gasteiger charge is 2.30. The van der Waals surface area contributed by atoms with Gasteiger partial charge >= 0.3 is 6.18 Å². The molecule has 0 spiro atoms. The van der Waals surface area contributed by atoms with Gasteiger partial charge in [0.05, 0.1) is 5.56 Å². The lowest BCUT2D eigenvalue weighted by Gasteiger charge is -2.19. The van der Waals surface area contributed by atoms with Crippen molar-refractivity contribution in [2.75, 3.05) is 5.32 Å². The lowest BCUT2D eigenvalue weighted by atomic mass is 10.1. The monoisotopic (exact) mass is 351 g/mol. The standard InChI is InChI=1S/C19H20F3NO2/c1-4-16(25-17-10-5-12(2)11-13(17)3)18(24)23-15-8-6-14(7-9-15)19(20,21)22/h5-11,16H,4H2,1-3H3,(H,23,24)/t16-/m0/s1. The molecular weight excluding hydrogens is 331 g/mol. The van der Waals surface area contributed by atoms with E-state index < -0.39 is 23.8 Å². The number of hydrogen-bond acceptors (Lipinski definition) is 2. The smallest absolute Gasteiger partial charge is 0.416 e. The number of nitrogens with one attached hydrogen (secondary N) is 1. The van der Waals surface area contributed by atoms with Crippen molar-refractivity contribution in [1.29, 1.82) is 0 Å². The fraction of sp³-hybridized carbons (Fsp3) is 0.316. The van der Waals surface area contributed by atoms with E-state index in [0.717, 1.165) is 23.3 Å². The van der Waals surface area contributed by atoms with Crippen molar-refractivity contribution in [2.45, 2.75) is 39.5 Å². The van der Waals surface area contributed by atoms with E-state index in [1.165, 1.54) is 12.1 Å². The van der Waals surface area contributed by atoms with Crippen LogP contribution < -0.4 is 10.1 Å². The third-order valence-corrected chi connectivity index (χ3v) is 3.74. The summed E-state index contributed by atoms with van der Waals surface area (Å²) in [5, 5.41) is 2.59. The van der Waals surface area contributed by atoms with Gasteiger partial charge in [-0.25, -0.2) is 0 Å². The van der Waals surface area contributed by atoms with Crippen LogP contribution in [0.2, 0.25) is 0 Å². The van der Waals surface area contributed by atoms with E-state index in [4.69, 9.17) is 4.74 Å². The summed E-state index contributed by atoms with van der Waals surface area (Å²) in [6, 6.07) is 9.97. The third-order valence-electron chi connectivity index (χ3n) is 3.74. The van der Waals surface area contributed by atoms with Gasteiger partial charge in [0.1, 0.15) is 5.75 Å². The SMILES string of the molecule is CC[C@H](Oc1ccc(C)cc1C)C(=O)Nc1ccc(C(F)(F)F)cc1. The highest BCUT2D eigenvalue weighted by atomic mass is 19.4. The zero-order valence-corrected chi connectivity index (χ0v) is 14.3. The molecule has 0 unspecified atom stereocenters. The van der Waals surface area contributed by atoms with Crippen molar-refractivity contribution in [1.82, 2.24) is 0 Å². The molecule has 0 bridgehead atoms. The van der Waals surface area contributed by atoms with Crippen LogP contribution in [0.15, 0.2) is 42.5 Å². The number of benzene rings is 2. The second-order valence-corrected chi connectivity index (χ2v) is 5.85. The highest BCUT2D eigenvalue weighted by Crippen LogP contribution is 2.30. The highest BCUT2D eigenvalue weighted by molar-refractivity contribution is 5.94. The summed E-state index contributed by atoms with van der Waals surface area (Å²) in [6.07, 6.45) is -4.70. The second-order valence-electron chi connectivity index (χ2n) is 5.85. The molecule has 0 radical (unpaired) electrons. The molecule has 2 aromatic carbocycles. The molecule has 0 saturated heterocycles. The molecule has 0 saturated carbocycles. The average molecular weight is 351 g/mol. The van der Waals surface area contributed by atoms with Crippen LogP contribution in [0.1, 0.15) is 30.0 Å². The predicted octanol–water partition coefficient (Wildman–Crippen LogP) is 5.12. The average Bonchev–Trinajstić information content (AvgIpc) is 2.53. The van der Waals surface area contributed by atoms with Crippen molar-refractivity contribution in [3.8, 4) is 5.75 Å². The maximum atomic E-state index is 12.6. The molecule has 2 rings (SSSR count). The topological polar surface area (TPSA) is 38.3 Å². The van der Waals surface area contributed by atoms with Gasteiger partial charge in [0.15, 0.2) is 6.10 Å². The number of hydrogen-bond donors (Lipinski definition) is 1. The van der Waals surface area contributed by atoms with Gasteiger partial charge < -0.3 is 10.1 Å². The number of rotatable bonds is 5. The first-order chi connectivity index (χ1) is 11.7. The van der Waals surface area contributed by atoms with Crippen molar-refractivity contribution in [3.05, 3.63) is 59.2 Å². The minimum Gasteiger partial charge on any atom is -0.480 e. The molecule has 3 nitrogen and oxygen atoms in total. The van der Waals surface area contributed by atoms with E-state index in [1.54, 1.807) is 13.0 Å². The Hall–Kier alpha value is -2.50. The molecule has 134 valence electrons. The van der Waals surface area contributed by atoms with Crippen molar-refractivity contribution in [2.24, 2.45) is 0 Å². The van der Waals surface area contributed by atoms with E-state index >= 15 is 0 Å². The fourth-order valence-corrected chi connectivity index (χ4v) is 2.37. The number of alkyl halides is 3. The Morgan fingerprint density at radius 2 is 1.76 bits per heavy atom. The maximum Gasteiger partial charge on any atom is 0.416 e. The van der Waals surface area contributed by atoms with Gasteiger partial charge in [0.2, 0.25) is 0 Å². The van der Waals surface area contributed by atoms with Crippen LogP contribution in [0.3, 0.4) is 0 Å².